The molecule has 27 heavy (non-hydrogen) atoms. The van der Waals surface area contributed by atoms with E-state index in [0.717, 1.165) is 11.3 Å². The maximum Gasteiger partial charge on any atom is 0.257 e. The summed E-state index contributed by atoms with van der Waals surface area (Å²) in [5.74, 6) is 0.680. The van der Waals surface area contributed by atoms with E-state index in [9.17, 15) is 9.59 Å². The quantitative estimate of drug-likeness (QED) is 0.664. The summed E-state index contributed by atoms with van der Waals surface area (Å²) in [6.45, 7) is 7.09. The molecule has 0 saturated carbocycles. The molecule has 2 rings (SSSR count). The Morgan fingerprint density at radius 2 is 1.74 bits per heavy atom. The van der Waals surface area contributed by atoms with E-state index in [1.54, 1.807) is 24.3 Å². The molecule has 144 valence electrons. The second-order valence-electron chi connectivity index (χ2n) is 6.43. The topological polar surface area (TPSA) is 90.7 Å². The SMILES string of the molecule is Cc1cc(C)c(C)c(OCCCNC(=O)COc2ccc(C(N)=O)cc2)c1. The molecule has 2 amide bonds. The summed E-state index contributed by atoms with van der Waals surface area (Å²) >= 11 is 0. The van der Waals surface area contributed by atoms with Crippen molar-refractivity contribution in [3.63, 3.8) is 0 Å². The van der Waals surface area contributed by atoms with Gasteiger partial charge < -0.3 is 20.5 Å². The van der Waals surface area contributed by atoms with E-state index in [4.69, 9.17) is 15.2 Å². The first-order valence-electron chi connectivity index (χ1n) is 8.87. The lowest BCUT2D eigenvalue weighted by molar-refractivity contribution is -0.123. The van der Waals surface area contributed by atoms with Crippen LogP contribution in [0.3, 0.4) is 0 Å². The number of amides is 2. The summed E-state index contributed by atoms with van der Waals surface area (Å²) in [6.07, 6.45) is 0.700. The summed E-state index contributed by atoms with van der Waals surface area (Å²) in [4.78, 5) is 22.8. The lowest BCUT2D eigenvalue weighted by Gasteiger charge is -2.12. The van der Waals surface area contributed by atoms with Crippen LogP contribution in [0.5, 0.6) is 11.5 Å². The van der Waals surface area contributed by atoms with Gasteiger partial charge in [-0.25, -0.2) is 0 Å². The van der Waals surface area contributed by atoms with E-state index in [1.807, 2.05) is 19.9 Å². The van der Waals surface area contributed by atoms with E-state index < -0.39 is 5.91 Å². The molecule has 0 aromatic heterocycles. The normalized spacial score (nSPS) is 10.3. The molecule has 6 nitrogen and oxygen atoms in total. The number of carbonyl (C=O) groups excluding carboxylic acids is 2. The predicted octanol–water partition coefficient (Wildman–Crippen LogP) is 2.67. The molecule has 3 N–H and O–H groups in total. The second-order valence-corrected chi connectivity index (χ2v) is 6.43. The van der Waals surface area contributed by atoms with E-state index in [-0.39, 0.29) is 12.5 Å². The zero-order valence-electron chi connectivity index (χ0n) is 16.0. The van der Waals surface area contributed by atoms with Gasteiger partial charge in [0.25, 0.3) is 5.91 Å². The number of hydrogen-bond acceptors (Lipinski definition) is 4. The van der Waals surface area contributed by atoms with E-state index in [1.165, 1.54) is 11.1 Å². The molecule has 0 spiro atoms. The molecule has 0 unspecified atom stereocenters. The minimum atomic E-state index is -0.502. The van der Waals surface area contributed by atoms with Crippen molar-refractivity contribution >= 4 is 11.8 Å². The highest BCUT2D eigenvalue weighted by Crippen LogP contribution is 2.23. The van der Waals surface area contributed by atoms with Crippen LogP contribution in [0.4, 0.5) is 0 Å². The Labute approximate surface area is 159 Å². The van der Waals surface area contributed by atoms with Gasteiger partial charge in [-0.05, 0) is 74.2 Å². The van der Waals surface area contributed by atoms with Gasteiger partial charge in [0.1, 0.15) is 11.5 Å². The number of aryl methyl sites for hydroxylation is 2. The largest absolute Gasteiger partial charge is 0.493 e. The van der Waals surface area contributed by atoms with E-state index in [0.29, 0.717) is 30.9 Å². The first-order valence-corrected chi connectivity index (χ1v) is 8.87. The third-order valence-electron chi connectivity index (χ3n) is 4.17. The monoisotopic (exact) mass is 370 g/mol. The minimum Gasteiger partial charge on any atom is -0.493 e. The third kappa shape index (κ3) is 6.33. The number of carbonyl (C=O) groups is 2. The van der Waals surface area contributed by atoms with Gasteiger partial charge in [-0.15, -0.1) is 0 Å². The van der Waals surface area contributed by atoms with E-state index >= 15 is 0 Å². The standard InChI is InChI=1S/C21H26N2O4/c1-14-11-15(2)16(3)19(12-14)26-10-4-9-23-20(24)13-27-18-7-5-17(6-8-18)21(22)25/h5-8,11-12H,4,9-10,13H2,1-3H3,(H2,22,25)(H,23,24). The number of hydrogen-bond donors (Lipinski definition) is 2. The molecule has 6 heteroatoms. The van der Waals surface area contributed by atoms with Gasteiger partial charge in [-0.3, -0.25) is 9.59 Å². The highest BCUT2D eigenvalue weighted by atomic mass is 16.5. The van der Waals surface area contributed by atoms with Crippen LogP contribution in [0.15, 0.2) is 36.4 Å². The Balaban J connectivity index is 1.65. The fraction of sp³-hybridized carbons (Fsp3) is 0.333. The summed E-state index contributed by atoms with van der Waals surface area (Å²) in [5.41, 5.74) is 9.08. The Bertz CT molecular complexity index is 801. The molecule has 0 atom stereocenters. The van der Waals surface area contributed by atoms with Gasteiger partial charge in [0.05, 0.1) is 6.61 Å². The van der Waals surface area contributed by atoms with E-state index in [2.05, 4.69) is 18.3 Å². The van der Waals surface area contributed by atoms with Crippen LogP contribution in [-0.4, -0.2) is 31.6 Å². The molecule has 2 aromatic rings. The van der Waals surface area contributed by atoms with Crippen LogP contribution in [0.1, 0.15) is 33.5 Å². The molecule has 0 saturated heterocycles. The number of benzene rings is 2. The number of rotatable bonds is 9. The van der Waals surface area contributed by atoms with Crippen LogP contribution < -0.4 is 20.5 Å². The van der Waals surface area contributed by atoms with Gasteiger partial charge in [-0.1, -0.05) is 6.07 Å². The minimum absolute atomic E-state index is 0.0903. The van der Waals surface area contributed by atoms with Crippen molar-refractivity contribution in [3.8, 4) is 11.5 Å². The van der Waals surface area contributed by atoms with Crippen LogP contribution in [0.25, 0.3) is 0 Å². The summed E-state index contributed by atoms with van der Waals surface area (Å²) in [7, 11) is 0. The molecule has 2 aromatic carbocycles. The molecule has 0 bridgehead atoms. The fourth-order valence-electron chi connectivity index (χ4n) is 2.55. The zero-order valence-corrected chi connectivity index (χ0v) is 16.0. The van der Waals surface area contributed by atoms with Crippen LogP contribution in [0, 0.1) is 20.8 Å². The number of nitrogens with one attached hydrogen (secondary N) is 1. The van der Waals surface area contributed by atoms with Crippen LogP contribution in [0.2, 0.25) is 0 Å². The van der Waals surface area contributed by atoms with Crippen molar-refractivity contribution in [2.45, 2.75) is 27.2 Å². The van der Waals surface area contributed by atoms with Crippen molar-refractivity contribution in [3.05, 3.63) is 58.7 Å². The molecule has 0 aliphatic rings. The molecule has 0 aliphatic heterocycles. The maximum atomic E-state index is 11.8. The first kappa shape index (κ1) is 20.3. The fourth-order valence-corrected chi connectivity index (χ4v) is 2.55. The summed E-state index contributed by atoms with van der Waals surface area (Å²) in [6, 6.07) is 10.5. The average molecular weight is 370 g/mol. The van der Waals surface area contributed by atoms with Crippen LogP contribution in [-0.2, 0) is 4.79 Å². The summed E-state index contributed by atoms with van der Waals surface area (Å²) in [5, 5.41) is 2.79. The molecule has 0 fully saturated rings. The smallest absolute Gasteiger partial charge is 0.257 e. The Morgan fingerprint density at radius 3 is 2.41 bits per heavy atom. The molecule has 0 aliphatic carbocycles. The highest BCUT2D eigenvalue weighted by Gasteiger charge is 2.06. The summed E-state index contributed by atoms with van der Waals surface area (Å²) < 4.78 is 11.2. The maximum absolute atomic E-state index is 11.8. The number of ether oxygens (including phenoxy) is 2. The van der Waals surface area contributed by atoms with Crippen molar-refractivity contribution in [2.24, 2.45) is 5.73 Å². The molecule has 0 radical (unpaired) electrons. The zero-order chi connectivity index (χ0) is 19.8. The number of nitrogens with two attached hydrogens (primary N) is 1. The van der Waals surface area contributed by atoms with Gasteiger partial charge in [0.15, 0.2) is 6.61 Å². The Hall–Kier alpha value is -3.02. The van der Waals surface area contributed by atoms with Gasteiger partial charge in [0.2, 0.25) is 5.91 Å². The Morgan fingerprint density at radius 1 is 1.04 bits per heavy atom. The molecular formula is C21H26N2O4. The van der Waals surface area contributed by atoms with Gasteiger partial charge in [0, 0.05) is 12.1 Å². The van der Waals surface area contributed by atoms with Gasteiger partial charge in [-0.2, -0.15) is 0 Å². The highest BCUT2D eigenvalue weighted by molar-refractivity contribution is 5.92. The van der Waals surface area contributed by atoms with Crippen molar-refractivity contribution in [2.75, 3.05) is 19.8 Å². The lowest BCUT2D eigenvalue weighted by Crippen LogP contribution is -2.30. The Kier molecular flexibility index (Phi) is 7.23. The van der Waals surface area contributed by atoms with Crippen LogP contribution >= 0.6 is 0 Å². The predicted molar refractivity (Wildman–Crippen MR) is 104 cm³/mol. The molecule has 0 heterocycles. The molecular weight excluding hydrogens is 344 g/mol. The van der Waals surface area contributed by atoms with Gasteiger partial charge >= 0.3 is 0 Å². The second kappa shape index (κ2) is 9.62. The van der Waals surface area contributed by atoms with Crippen molar-refractivity contribution in [1.29, 1.82) is 0 Å². The third-order valence-corrected chi connectivity index (χ3v) is 4.17. The lowest BCUT2D eigenvalue weighted by atomic mass is 10.1. The first-order chi connectivity index (χ1) is 12.9. The van der Waals surface area contributed by atoms with Crippen molar-refractivity contribution < 1.29 is 19.1 Å². The van der Waals surface area contributed by atoms with Crippen molar-refractivity contribution in [1.82, 2.24) is 5.32 Å². The number of primary amides is 1. The average Bonchev–Trinajstić information content (AvgIpc) is 2.63.